The Balaban J connectivity index is 2.28. The first-order valence-electron chi connectivity index (χ1n) is 7.06. The Kier molecular flexibility index (Phi) is 4.45. The van der Waals surface area contributed by atoms with Crippen LogP contribution in [0.15, 0.2) is 6.20 Å². The van der Waals surface area contributed by atoms with Crippen molar-refractivity contribution in [2.75, 3.05) is 27.7 Å². The molecule has 0 amide bonds. The first kappa shape index (κ1) is 15.0. The minimum Gasteiger partial charge on any atom is -0.493 e. The van der Waals surface area contributed by atoms with Crippen molar-refractivity contribution in [1.82, 2.24) is 14.7 Å². The van der Waals surface area contributed by atoms with E-state index >= 15 is 0 Å². The summed E-state index contributed by atoms with van der Waals surface area (Å²) in [5, 5.41) is 4.27. The lowest BCUT2D eigenvalue weighted by atomic mass is 9.91. The summed E-state index contributed by atoms with van der Waals surface area (Å²) in [6, 6.07) is 0. The van der Waals surface area contributed by atoms with Crippen LogP contribution in [0.5, 0.6) is 5.75 Å². The van der Waals surface area contributed by atoms with E-state index < -0.39 is 5.54 Å². The molecule has 2 rings (SSSR count). The molecule has 1 fully saturated rings. The predicted molar refractivity (Wildman–Crippen MR) is 77.0 cm³/mol. The summed E-state index contributed by atoms with van der Waals surface area (Å²) in [5.74, 6) is 0.480. The molecule has 6 heteroatoms. The molecule has 0 unspecified atom stereocenters. The van der Waals surface area contributed by atoms with Crippen molar-refractivity contribution in [3.63, 3.8) is 0 Å². The lowest BCUT2D eigenvalue weighted by molar-refractivity contribution is 0.0876. The third-order valence-electron chi connectivity index (χ3n) is 3.95. The van der Waals surface area contributed by atoms with E-state index in [2.05, 4.69) is 10.00 Å². The molecule has 0 aromatic carbocycles. The molecule has 2 N–H and O–H groups in total. The molecule has 1 aromatic rings. The average molecular weight is 280 g/mol. The maximum absolute atomic E-state index is 12.8. The second-order valence-electron chi connectivity index (χ2n) is 5.78. The van der Waals surface area contributed by atoms with E-state index in [1.807, 2.05) is 14.1 Å². The summed E-state index contributed by atoms with van der Waals surface area (Å²) in [5.41, 5.74) is 6.05. The number of nitrogens with zero attached hydrogens (tertiary/aromatic N) is 3. The summed E-state index contributed by atoms with van der Waals surface area (Å²) in [6.07, 6.45) is 5.11. The van der Waals surface area contributed by atoms with Gasteiger partial charge in [-0.25, -0.2) is 0 Å². The number of methoxy groups -OCH3 is 1. The van der Waals surface area contributed by atoms with E-state index in [4.69, 9.17) is 10.5 Å². The van der Waals surface area contributed by atoms with Crippen LogP contribution >= 0.6 is 0 Å². The quantitative estimate of drug-likeness (QED) is 0.784. The molecule has 1 aliphatic rings. The summed E-state index contributed by atoms with van der Waals surface area (Å²) < 4.78 is 7.00. The van der Waals surface area contributed by atoms with Gasteiger partial charge in [-0.2, -0.15) is 5.10 Å². The van der Waals surface area contributed by atoms with Gasteiger partial charge in [0, 0.05) is 6.54 Å². The Bertz CT molecular complexity index is 476. The Morgan fingerprint density at radius 2 is 2.15 bits per heavy atom. The summed E-state index contributed by atoms with van der Waals surface area (Å²) >= 11 is 0. The maximum atomic E-state index is 12.8. The Labute approximate surface area is 119 Å². The smallest absolute Gasteiger partial charge is 0.204 e. The van der Waals surface area contributed by atoms with E-state index in [0.29, 0.717) is 18.0 Å². The average Bonchev–Trinajstić information content (AvgIpc) is 3.02. The summed E-state index contributed by atoms with van der Waals surface area (Å²) in [7, 11) is 5.54. The molecule has 0 aliphatic heterocycles. The molecule has 6 nitrogen and oxygen atoms in total. The van der Waals surface area contributed by atoms with Crippen molar-refractivity contribution >= 4 is 5.78 Å². The molecule has 0 spiro atoms. The van der Waals surface area contributed by atoms with Gasteiger partial charge in [0.2, 0.25) is 5.78 Å². The van der Waals surface area contributed by atoms with Crippen LogP contribution in [0, 0.1) is 0 Å². The zero-order valence-corrected chi connectivity index (χ0v) is 12.6. The van der Waals surface area contributed by atoms with Gasteiger partial charge < -0.3 is 15.4 Å². The highest BCUT2D eigenvalue weighted by molar-refractivity contribution is 6.04. The molecule has 0 radical (unpaired) electrons. The number of carbonyl (C=O) groups is 1. The first-order valence-corrected chi connectivity index (χ1v) is 7.06. The van der Waals surface area contributed by atoms with Crippen LogP contribution < -0.4 is 10.5 Å². The van der Waals surface area contributed by atoms with Crippen LogP contribution in [0.4, 0.5) is 0 Å². The standard InChI is InChI=1S/C14H24N4O2/c1-17(2)8-9-18-12(11(20-3)10-16-18)13(19)14(15)6-4-5-7-14/h10H,4-9,15H2,1-3H3. The van der Waals surface area contributed by atoms with Crippen molar-refractivity contribution in [3.05, 3.63) is 11.9 Å². The largest absolute Gasteiger partial charge is 0.493 e. The number of carbonyl (C=O) groups excluding carboxylic acids is 1. The number of ketones is 1. The molecule has 20 heavy (non-hydrogen) atoms. The fourth-order valence-electron chi connectivity index (χ4n) is 2.68. The highest BCUT2D eigenvalue weighted by atomic mass is 16.5. The molecular weight excluding hydrogens is 256 g/mol. The Morgan fingerprint density at radius 3 is 2.70 bits per heavy atom. The topological polar surface area (TPSA) is 73.4 Å². The van der Waals surface area contributed by atoms with Crippen LogP contribution in [0.3, 0.4) is 0 Å². The number of likely N-dealkylation sites (N-methyl/N-ethyl adjacent to an activating group) is 1. The van der Waals surface area contributed by atoms with Gasteiger partial charge in [-0.15, -0.1) is 0 Å². The second kappa shape index (κ2) is 5.93. The van der Waals surface area contributed by atoms with Crippen molar-refractivity contribution < 1.29 is 9.53 Å². The molecule has 1 saturated carbocycles. The summed E-state index contributed by atoms with van der Waals surface area (Å²) in [6.45, 7) is 1.45. The van der Waals surface area contributed by atoms with Crippen LogP contribution in [0.1, 0.15) is 36.2 Å². The molecule has 1 aliphatic carbocycles. The third kappa shape index (κ3) is 2.86. The Hall–Kier alpha value is -1.40. The molecule has 0 atom stereocenters. The number of ether oxygens (including phenoxy) is 1. The van der Waals surface area contributed by atoms with Gasteiger partial charge in [0.15, 0.2) is 5.75 Å². The van der Waals surface area contributed by atoms with Gasteiger partial charge in [0.05, 0.1) is 25.4 Å². The fourth-order valence-corrected chi connectivity index (χ4v) is 2.68. The third-order valence-corrected chi connectivity index (χ3v) is 3.95. The maximum Gasteiger partial charge on any atom is 0.204 e. The van der Waals surface area contributed by atoms with Gasteiger partial charge in [-0.3, -0.25) is 9.48 Å². The molecule has 0 bridgehead atoms. The van der Waals surface area contributed by atoms with E-state index in [0.717, 1.165) is 32.2 Å². The molecule has 1 aromatic heterocycles. The number of nitrogens with two attached hydrogens (primary N) is 1. The van der Waals surface area contributed by atoms with Crippen LogP contribution in [-0.2, 0) is 6.54 Å². The van der Waals surface area contributed by atoms with Crippen molar-refractivity contribution in [2.24, 2.45) is 5.73 Å². The minimum atomic E-state index is -0.747. The number of Topliss-reactive ketones (excluding diaryl/α,β-unsaturated/α-hetero) is 1. The lowest BCUT2D eigenvalue weighted by Crippen LogP contribution is -2.46. The van der Waals surface area contributed by atoms with Crippen molar-refractivity contribution in [3.8, 4) is 5.75 Å². The van der Waals surface area contributed by atoms with Gasteiger partial charge in [0.1, 0.15) is 5.69 Å². The van der Waals surface area contributed by atoms with Crippen molar-refractivity contribution in [1.29, 1.82) is 0 Å². The molecule has 0 saturated heterocycles. The monoisotopic (exact) mass is 280 g/mol. The van der Waals surface area contributed by atoms with E-state index in [1.54, 1.807) is 18.0 Å². The zero-order valence-electron chi connectivity index (χ0n) is 12.6. The SMILES string of the molecule is COc1cnn(CCN(C)C)c1C(=O)C1(N)CCCC1. The van der Waals surface area contributed by atoms with E-state index in [-0.39, 0.29) is 5.78 Å². The summed E-state index contributed by atoms with van der Waals surface area (Å²) in [4.78, 5) is 14.8. The second-order valence-corrected chi connectivity index (χ2v) is 5.78. The van der Waals surface area contributed by atoms with Crippen LogP contribution in [0.2, 0.25) is 0 Å². The minimum absolute atomic E-state index is 0.0388. The van der Waals surface area contributed by atoms with Crippen molar-refractivity contribution in [2.45, 2.75) is 37.8 Å². The fraction of sp³-hybridized carbons (Fsp3) is 0.714. The molecule has 112 valence electrons. The normalized spacial score (nSPS) is 17.6. The first-order chi connectivity index (χ1) is 9.48. The van der Waals surface area contributed by atoms with Gasteiger partial charge in [-0.05, 0) is 26.9 Å². The number of hydrogen-bond donors (Lipinski definition) is 1. The molecular formula is C14H24N4O2. The number of rotatable bonds is 6. The van der Waals surface area contributed by atoms with Gasteiger partial charge >= 0.3 is 0 Å². The highest BCUT2D eigenvalue weighted by Crippen LogP contribution is 2.33. The van der Waals surface area contributed by atoms with E-state index in [1.165, 1.54) is 0 Å². The highest BCUT2D eigenvalue weighted by Gasteiger charge is 2.40. The van der Waals surface area contributed by atoms with Gasteiger partial charge in [-0.1, -0.05) is 12.8 Å². The van der Waals surface area contributed by atoms with Crippen LogP contribution in [-0.4, -0.2) is 53.8 Å². The Morgan fingerprint density at radius 1 is 1.50 bits per heavy atom. The zero-order chi connectivity index (χ0) is 14.8. The number of hydrogen-bond acceptors (Lipinski definition) is 5. The predicted octanol–water partition coefficient (Wildman–Crippen LogP) is 0.907. The van der Waals surface area contributed by atoms with Gasteiger partial charge in [0.25, 0.3) is 0 Å². The lowest BCUT2D eigenvalue weighted by Gasteiger charge is -2.23. The van der Waals surface area contributed by atoms with Crippen LogP contribution in [0.25, 0.3) is 0 Å². The number of aromatic nitrogens is 2. The molecule has 1 heterocycles. The van der Waals surface area contributed by atoms with E-state index in [9.17, 15) is 4.79 Å².